The van der Waals surface area contributed by atoms with Crippen LogP contribution in [0.15, 0.2) is 72.8 Å². The van der Waals surface area contributed by atoms with Crippen molar-refractivity contribution < 1.29 is 18.7 Å². The summed E-state index contributed by atoms with van der Waals surface area (Å²) in [6.07, 6.45) is 0.348. The second-order valence-electron chi connectivity index (χ2n) is 9.55. The van der Waals surface area contributed by atoms with E-state index in [0.717, 1.165) is 22.3 Å². The lowest BCUT2D eigenvalue weighted by Gasteiger charge is -2.31. The van der Waals surface area contributed by atoms with Gasteiger partial charge < -0.3 is 15.0 Å². The van der Waals surface area contributed by atoms with E-state index in [1.54, 1.807) is 17.0 Å². The molecular weight excluding hydrogens is 455 g/mol. The van der Waals surface area contributed by atoms with Crippen molar-refractivity contribution in [1.82, 2.24) is 10.2 Å². The van der Waals surface area contributed by atoms with Gasteiger partial charge in [-0.1, -0.05) is 68.4 Å². The molecule has 0 aliphatic rings. The first kappa shape index (κ1) is 26.9. The van der Waals surface area contributed by atoms with E-state index in [9.17, 15) is 14.0 Å². The summed E-state index contributed by atoms with van der Waals surface area (Å²) in [7, 11) is 0. The van der Waals surface area contributed by atoms with Crippen LogP contribution in [0.4, 0.5) is 4.39 Å². The topological polar surface area (TPSA) is 58.6 Å². The molecule has 6 heteroatoms. The smallest absolute Gasteiger partial charge is 0.261 e. The number of hydrogen-bond donors (Lipinski definition) is 1. The molecule has 0 unspecified atom stereocenters. The molecule has 0 radical (unpaired) electrons. The highest BCUT2D eigenvalue weighted by Crippen LogP contribution is 2.20. The molecule has 2 amide bonds. The van der Waals surface area contributed by atoms with E-state index in [-0.39, 0.29) is 36.7 Å². The van der Waals surface area contributed by atoms with Crippen molar-refractivity contribution >= 4 is 11.8 Å². The molecule has 3 rings (SSSR count). The molecule has 0 fully saturated rings. The lowest BCUT2D eigenvalue weighted by Crippen LogP contribution is -2.52. The zero-order valence-corrected chi connectivity index (χ0v) is 21.5. The van der Waals surface area contributed by atoms with Gasteiger partial charge in [0.25, 0.3) is 5.91 Å². The Labute approximate surface area is 213 Å². The molecule has 190 valence electrons. The average molecular weight is 491 g/mol. The average Bonchev–Trinajstić information content (AvgIpc) is 2.86. The number of carbonyl (C=O) groups is 2. The highest BCUT2D eigenvalue weighted by atomic mass is 19.1. The molecule has 0 saturated carbocycles. The van der Waals surface area contributed by atoms with Crippen molar-refractivity contribution in [2.24, 2.45) is 5.92 Å². The van der Waals surface area contributed by atoms with E-state index in [2.05, 4.69) is 5.32 Å². The minimum atomic E-state index is -0.758. The van der Waals surface area contributed by atoms with Crippen molar-refractivity contribution in [1.29, 1.82) is 0 Å². The molecule has 3 aromatic rings. The molecule has 36 heavy (non-hydrogen) atoms. The normalized spacial score (nSPS) is 11.7. The molecule has 0 heterocycles. The van der Waals surface area contributed by atoms with Crippen LogP contribution in [0.1, 0.15) is 36.1 Å². The molecule has 0 bridgehead atoms. The van der Waals surface area contributed by atoms with Crippen LogP contribution in [0.2, 0.25) is 0 Å². The summed E-state index contributed by atoms with van der Waals surface area (Å²) in [6, 6.07) is 20.7. The Balaban J connectivity index is 1.91. The molecule has 5 nitrogen and oxygen atoms in total. The van der Waals surface area contributed by atoms with Crippen LogP contribution >= 0.6 is 0 Å². The standard InChI is InChI=1S/C30H35FN2O3/c1-21(2)18-32-30(35)27(17-24-8-6-5-7-9-24)33(19-25-12-14-26(31)15-13-25)29(34)20-36-28-16-22(3)10-11-23(28)4/h5-16,21,27H,17-20H2,1-4H3,(H,32,35)/t27-/m1/s1. The van der Waals surface area contributed by atoms with Gasteiger partial charge in [-0.2, -0.15) is 0 Å². The predicted molar refractivity (Wildman–Crippen MR) is 140 cm³/mol. The number of aryl methyl sites for hydroxylation is 2. The quantitative estimate of drug-likeness (QED) is 0.400. The number of nitrogens with zero attached hydrogens (tertiary/aromatic N) is 1. The number of benzene rings is 3. The highest BCUT2D eigenvalue weighted by molar-refractivity contribution is 5.88. The van der Waals surface area contributed by atoms with Gasteiger partial charge in [-0.05, 0) is 60.2 Å². The molecule has 0 aliphatic carbocycles. The maximum Gasteiger partial charge on any atom is 0.261 e. The number of rotatable bonds is 11. The van der Waals surface area contributed by atoms with E-state index in [4.69, 9.17) is 4.74 Å². The number of nitrogens with one attached hydrogen (secondary N) is 1. The Morgan fingerprint density at radius 2 is 1.64 bits per heavy atom. The summed E-state index contributed by atoms with van der Waals surface area (Å²) in [5, 5.41) is 2.99. The lowest BCUT2D eigenvalue weighted by molar-refractivity contribution is -0.142. The van der Waals surface area contributed by atoms with E-state index >= 15 is 0 Å². The third-order valence-corrected chi connectivity index (χ3v) is 5.92. The first-order valence-corrected chi connectivity index (χ1v) is 12.3. The van der Waals surface area contributed by atoms with Gasteiger partial charge in [-0.3, -0.25) is 9.59 Å². The summed E-state index contributed by atoms with van der Waals surface area (Å²) in [4.78, 5) is 28.6. The van der Waals surface area contributed by atoms with Crippen LogP contribution in [-0.2, 0) is 22.6 Å². The fourth-order valence-corrected chi connectivity index (χ4v) is 3.85. The molecule has 0 aliphatic heterocycles. The summed E-state index contributed by atoms with van der Waals surface area (Å²) in [6.45, 7) is 8.37. The minimum Gasteiger partial charge on any atom is -0.483 e. The second-order valence-corrected chi connectivity index (χ2v) is 9.55. The first-order chi connectivity index (χ1) is 17.2. The van der Waals surface area contributed by atoms with Crippen LogP contribution in [0, 0.1) is 25.6 Å². The molecule has 1 atom stereocenters. The van der Waals surface area contributed by atoms with Gasteiger partial charge in [0.1, 0.15) is 17.6 Å². The van der Waals surface area contributed by atoms with Crippen LogP contribution in [0.25, 0.3) is 0 Å². The van der Waals surface area contributed by atoms with Gasteiger partial charge in [0, 0.05) is 19.5 Å². The number of carbonyl (C=O) groups excluding carboxylic acids is 2. The van der Waals surface area contributed by atoms with Crippen LogP contribution in [-0.4, -0.2) is 35.9 Å². The maximum atomic E-state index is 13.6. The Morgan fingerprint density at radius 1 is 0.944 bits per heavy atom. The molecular formula is C30H35FN2O3. The van der Waals surface area contributed by atoms with Gasteiger partial charge in [-0.25, -0.2) is 4.39 Å². The summed E-state index contributed by atoms with van der Waals surface area (Å²) >= 11 is 0. The summed E-state index contributed by atoms with van der Waals surface area (Å²) < 4.78 is 19.5. The van der Waals surface area contributed by atoms with Gasteiger partial charge in [0.15, 0.2) is 6.61 Å². The molecule has 0 spiro atoms. The Morgan fingerprint density at radius 3 is 2.31 bits per heavy atom. The third kappa shape index (κ3) is 7.94. The zero-order valence-electron chi connectivity index (χ0n) is 21.5. The fraction of sp³-hybridized carbons (Fsp3) is 0.333. The van der Waals surface area contributed by atoms with Crippen LogP contribution < -0.4 is 10.1 Å². The Bertz CT molecular complexity index is 1150. The summed E-state index contributed by atoms with van der Waals surface area (Å²) in [5.41, 5.74) is 3.62. The second kappa shape index (κ2) is 12.9. The van der Waals surface area contributed by atoms with Crippen molar-refractivity contribution in [3.63, 3.8) is 0 Å². The van der Waals surface area contributed by atoms with Crippen molar-refractivity contribution in [2.45, 2.75) is 46.7 Å². The summed E-state index contributed by atoms with van der Waals surface area (Å²) in [5.74, 6) is -0.00448. The highest BCUT2D eigenvalue weighted by Gasteiger charge is 2.30. The SMILES string of the molecule is Cc1ccc(C)c(OCC(=O)N(Cc2ccc(F)cc2)[C@H](Cc2ccccc2)C(=O)NCC(C)C)c1. The van der Waals surface area contributed by atoms with Gasteiger partial charge in [0.05, 0.1) is 0 Å². The van der Waals surface area contributed by atoms with Crippen molar-refractivity contribution in [3.8, 4) is 5.75 Å². The van der Waals surface area contributed by atoms with Crippen LogP contribution in [0.5, 0.6) is 5.75 Å². The first-order valence-electron chi connectivity index (χ1n) is 12.3. The van der Waals surface area contributed by atoms with Crippen molar-refractivity contribution in [3.05, 3.63) is 101 Å². The molecule has 3 aromatic carbocycles. The largest absolute Gasteiger partial charge is 0.483 e. The number of amides is 2. The third-order valence-electron chi connectivity index (χ3n) is 5.92. The number of halogens is 1. The van der Waals surface area contributed by atoms with Gasteiger partial charge in [0.2, 0.25) is 5.91 Å². The molecule has 0 saturated heterocycles. The zero-order chi connectivity index (χ0) is 26.1. The molecule has 0 aromatic heterocycles. The van der Waals surface area contributed by atoms with Crippen LogP contribution in [0.3, 0.4) is 0 Å². The lowest BCUT2D eigenvalue weighted by atomic mass is 10.0. The van der Waals surface area contributed by atoms with E-state index in [1.807, 2.05) is 76.2 Å². The predicted octanol–water partition coefficient (Wildman–Crippen LogP) is 5.23. The number of ether oxygens (including phenoxy) is 1. The maximum absolute atomic E-state index is 13.6. The van der Waals surface area contributed by atoms with E-state index in [0.29, 0.717) is 18.7 Å². The van der Waals surface area contributed by atoms with E-state index in [1.165, 1.54) is 12.1 Å². The molecule has 1 N–H and O–H groups in total. The fourth-order valence-electron chi connectivity index (χ4n) is 3.85. The Kier molecular flexibility index (Phi) is 9.62. The number of hydrogen-bond acceptors (Lipinski definition) is 3. The monoisotopic (exact) mass is 490 g/mol. The van der Waals surface area contributed by atoms with E-state index < -0.39 is 6.04 Å². The van der Waals surface area contributed by atoms with Gasteiger partial charge >= 0.3 is 0 Å². The minimum absolute atomic E-state index is 0.155. The Hall–Kier alpha value is -3.67. The van der Waals surface area contributed by atoms with Crippen molar-refractivity contribution in [2.75, 3.05) is 13.2 Å². The van der Waals surface area contributed by atoms with Gasteiger partial charge in [-0.15, -0.1) is 0 Å².